The highest BCUT2D eigenvalue weighted by atomic mass is 19.1. The summed E-state index contributed by atoms with van der Waals surface area (Å²) < 4.78 is 18.5. The van der Waals surface area contributed by atoms with Crippen molar-refractivity contribution in [1.82, 2.24) is 0 Å². The van der Waals surface area contributed by atoms with Gasteiger partial charge in [0, 0.05) is 6.04 Å². The first-order chi connectivity index (χ1) is 8.55. The maximum absolute atomic E-state index is 13.6. The monoisotopic (exact) mass is 251 g/mol. The van der Waals surface area contributed by atoms with Crippen molar-refractivity contribution in [3.63, 3.8) is 0 Å². The standard InChI is InChI=1S/C15H22FNO/c1-15(7-3-4-8-15)14(17)10-11-5-6-13(18-2)12(16)9-11/h5-6,9,14H,3-4,7-8,10,17H2,1-2H3. The summed E-state index contributed by atoms with van der Waals surface area (Å²) in [5, 5.41) is 0. The van der Waals surface area contributed by atoms with Crippen LogP contribution in [0.2, 0.25) is 0 Å². The van der Waals surface area contributed by atoms with Crippen LogP contribution in [0.25, 0.3) is 0 Å². The van der Waals surface area contributed by atoms with Crippen LogP contribution in [0.3, 0.4) is 0 Å². The fraction of sp³-hybridized carbons (Fsp3) is 0.600. The summed E-state index contributed by atoms with van der Waals surface area (Å²) >= 11 is 0. The number of rotatable bonds is 4. The highest BCUT2D eigenvalue weighted by Gasteiger charge is 2.34. The summed E-state index contributed by atoms with van der Waals surface area (Å²) in [6.45, 7) is 2.25. The van der Waals surface area contributed by atoms with Crippen LogP contribution in [0.15, 0.2) is 18.2 Å². The third-order valence-corrected chi connectivity index (χ3v) is 4.31. The minimum Gasteiger partial charge on any atom is -0.494 e. The molecule has 0 aliphatic heterocycles. The zero-order chi connectivity index (χ0) is 13.2. The van der Waals surface area contributed by atoms with Crippen molar-refractivity contribution in [3.05, 3.63) is 29.6 Å². The van der Waals surface area contributed by atoms with E-state index in [9.17, 15) is 4.39 Å². The third-order valence-electron chi connectivity index (χ3n) is 4.31. The van der Waals surface area contributed by atoms with E-state index >= 15 is 0 Å². The van der Waals surface area contributed by atoms with Gasteiger partial charge in [0.25, 0.3) is 0 Å². The molecule has 1 aromatic rings. The van der Waals surface area contributed by atoms with Crippen molar-refractivity contribution >= 4 is 0 Å². The lowest BCUT2D eigenvalue weighted by atomic mass is 9.78. The summed E-state index contributed by atoms with van der Waals surface area (Å²) in [5.41, 5.74) is 7.48. The molecule has 100 valence electrons. The lowest BCUT2D eigenvalue weighted by Crippen LogP contribution is -2.39. The molecule has 1 aliphatic carbocycles. The Kier molecular flexibility index (Phi) is 3.91. The Balaban J connectivity index is 2.07. The first-order valence-electron chi connectivity index (χ1n) is 6.63. The van der Waals surface area contributed by atoms with E-state index in [-0.39, 0.29) is 17.3 Å². The average molecular weight is 251 g/mol. The van der Waals surface area contributed by atoms with E-state index in [2.05, 4.69) is 6.92 Å². The molecule has 1 atom stereocenters. The fourth-order valence-electron chi connectivity index (χ4n) is 2.89. The zero-order valence-corrected chi connectivity index (χ0v) is 11.2. The van der Waals surface area contributed by atoms with E-state index in [0.717, 1.165) is 12.0 Å². The molecular weight excluding hydrogens is 229 g/mol. The van der Waals surface area contributed by atoms with Crippen LogP contribution >= 0.6 is 0 Å². The highest BCUT2D eigenvalue weighted by Crippen LogP contribution is 2.40. The molecule has 0 saturated heterocycles. The molecule has 1 fully saturated rings. The summed E-state index contributed by atoms with van der Waals surface area (Å²) in [7, 11) is 1.48. The molecule has 1 unspecified atom stereocenters. The molecule has 18 heavy (non-hydrogen) atoms. The second kappa shape index (κ2) is 5.27. The number of hydrogen-bond donors (Lipinski definition) is 1. The molecule has 1 aromatic carbocycles. The molecule has 1 saturated carbocycles. The van der Waals surface area contributed by atoms with E-state index in [1.807, 2.05) is 6.07 Å². The van der Waals surface area contributed by atoms with Crippen molar-refractivity contribution in [1.29, 1.82) is 0 Å². The molecule has 0 bridgehead atoms. The van der Waals surface area contributed by atoms with Gasteiger partial charge in [-0.05, 0) is 42.4 Å². The Morgan fingerprint density at radius 1 is 1.39 bits per heavy atom. The van der Waals surface area contributed by atoms with Gasteiger partial charge in [0.05, 0.1) is 7.11 Å². The quantitative estimate of drug-likeness (QED) is 0.891. The van der Waals surface area contributed by atoms with Crippen LogP contribution in [0, 0.1) is 11.2 Å². The van der Waals surface area contributed by atoms with Crippen LogP contribution in [-0.4, -0.2) is 13.2 Å². The third kappa shape index (κ3) is 2.66. The molecular formula is C15H22FNO. The lowest BCUT2D eigenvalue weighted by Gasteiger charge is -2.31. The molecule has 2 rings (SSSR count). The normalized spacial score (nSPS) is 19.8. The minimum atomic E-state index is -0.307. The highest BCUT2D eigenvalue weighted by molar-refractivity contribution is 5.30. The predicted octanol–water partition coefficient (Wildman–Crippen LogP) is 3.28. The molecule has 2 nitrogen and oxygen atoms in total. The topological polar surface area (TPSA) is 35.2 Å². The van der Waals surface area contributed by atoms with Gasteiger partial charge in [0.15, 0.2) is 11.6 Å². The van der Waals surface area contributed by atoms with E-state index in [1.165, 1.54) is 38.9 Å². The Bertz CT molecular complexity index is 413. The smallest absolute Gasteiger partial charge is 0.165 e. The molecule has 0 heterocycles. The molecule has 3 heteroatoms. The number of hydrogen-bond acceptors (Lipinski definition) is 2. The van der Waals surface area contributed by atoms with Gasteiger partial charge in [-0.3, -0.25) is 0 Å². The molecule has 2 N–H and O–H groups in total. The lowest BCUT2D eigenvalue weighted by molar-refractivity contribution is 0.260. The van der Waals surface area contributed by atoms with Crippen molar-refractivity contribution in [2.45, 2.75) is 45.1 Å². The van der Waals surface area contributed by atoms with Crippen LogP contribution in [0.4, 0.5) is 4.39 Å². The number of halogens is 1. The van der Waals surface area contributed by atoms with Crippen LogP contribution in [-0.2, 0) is 6.42 Å². The minimum absolute atomic E-state index is 0.104. The molecule has 0 aromatic heterocycles. The summed E-state index contributed by atoms with van der Waals surface area (Å²) in [6.07, 6.45) is 5.64. The predicted molar refractivity (Wildman–Crippen MR) is 71.2 cm³/mol. The Labute approximate surface area is 108 Å². The Morgan fingerprint density at radius 2 is 2.06 bits per heavy atom. The van der Waals surface area contributed by atoms with Crippen molar-refractivity contribution in [2.75, 3.05) is 7.11 Å². The van der Waals surface area contributed by atoms with Crippen molar-refractivity contribution in [3.8, 4) is 5.75 Å². The van der Waals surface area contributed by atoms with E-state index in [1.54, 1.807) is 6.07 Å². The van der Waals surface area contributed by atoms with E-state index < -0.39 is 0 Å². The van der Waals surface area contributed by atoms with Crippen LogP contribution in [0.1, 0.15) is 38.2 Å². The SMILES string of the molecule is COc1ccc(CC(N)C2(C)CCCC2)cc1F. The van der Waals surface area contributed by atoms with Crippen molar-refractivity contribution < 1.29 is 9.13 Å². The van der Waals surface area contributed by atoms with Gasteiger partial charge in [-0.2, -0.15) is 0 Å². The van der Waals surface area contributed by atoms with Gasteiger partial charge in [-0.25, -0.2) is 4.39 Å². The van der Waals surface area contributed by atoms with Gasteiger partial charge >= 0.3 is 0 Å². The molecule has 0 amide bonds. The van der Waals surface area contributed by atoms with Gasteiger partial charge in [0.1, 0.15) is 0 Å². The number of methoxy groups -OCH3 is 1. The maximum Gasteiger partial charge on any atom is 0.165 e. The molecule has 0 spiro atoms. The number of ether oxygens (including phenoxy) is 1. The number of nitrogens with two attached hydrogens (primary N) is 1. The Hall–Kier alpha value is -1.09. The fourth-order valence-corrected chi connectivity index (χ4v) is 2.89. The first kappa shape index (κ1) is 13.3. The summed E-state index contributed by atoms with van der Waals surface area (Å²) in [4.78, 5) is 0. The molecule has 0 radical (unpaired) electrons. The second-order valence-corrected chi connectivity index (χ2v) is 5.64. The van der Waals surface area contributed by atoms with E-state index in [4.69, 9.17) is 10.5 Å². The largest absolute Gasteiger partial charge is 0.494 e. The van der Waals surface area contributed by atoms with Gasteiger partial charge in [-0.1, -0.05) is 25.8 Å². The summed E-state index contributed by atoms with van der Waals surface area (Å²) in [5.74, 6) is -0.0156. The van der Waals surface area contributed by atoms with Gasteiger partial charge in [-0.15, -0.1) is 0 Å². The van der Waals surface area contributed by atoms with Crippen molar-refractivity contribution in [2.24, 2.45) is 11.1 Å². The van der Waals surface area contributed by atoms with Gasteiger partial charge < -0.3 is 10.5 Å². The summed E-state index contributed by atoms with van der Waals surface area (Å²) in [6, 6.07) is 5.22. The maximum atomic E-state index is 13.6. The van der Waals surface area contributed by atoms with Crippen LogP contribution < -0.4 is 10.5 Å². The van der Waals surface area contributed by atoms with Gasteiger partial charge in [0.2, 0.25) is 0 Å². The van der Waals surface area contributed by atoms with E-state index in [0.29, 0.717) is 5.75 Å². The zero-order valence-electron chi connectivity index (χ0n) is 11.2. The number of benzene rings is 1. The van der Waals surface area contributed by atoms with Crippen LogP contribution in [0.5, 0.6) is 5.75 Å². The molecule has 1 aliphatic rings. The first-order valence-corrected chi connectivity index (χ1v) is 6.63. The Morgan fingerprint density at radius 3 is 2.61 bits per heavy atom. The average Bonchev–Trinajstić information content (AvgIpc) is 2.78. The second-order valence-electron chi connectivity index (χ2n) is 5.64.